The second kappa shape index (κ2) is 6.00. The summed E-state index contributed by atoms with van der Waals surface area (Å²) in [5.74, 6) is 0.520. The molecule has 0 aromatic carbocycles. The third kappa shape index (κ3) is 3.87. The van der Waals surface area contributed by atoms with Crippen molar-refractivity contribution in [3.8, 4) is 6.07 Å². The number of carbonyl (C=O) groups is 1. The Morgan fingerprint density at radius 3 is 2.71 bits per heavy atom. The first-order chi connectivity index (χ1) is 8.04. The third-order valence-electron chi connectivity index (χ3n) is 2.51. The van der Waals surface area contributed by atoms with Crippen molar-refractivity contribution in [1.29, 1.82) is 5.26 Å². The van der Waals surface area contributed by atoms with Gasteiger partial charge in [-0.3, -0.25) is 4.79 Å². The van der Waals surface area contributed by atoms with E-state index in [0.29, 0.717) is 17.2 Å². The fourth-order valence-corrected chi connectivity index (χ4v) is 1.36. The highest BCUT2D eigenvalue weighted by Crippen LogP contribution is 2.06. The summed E-state index contributed by atoms with van der Waals surface area (Å²) in [6.45, 7) is 4.99. The van der Waals surface area contributed by atoms with Gasteiger partial charge in [-0.25, -0.2) is 4.98 Å². The number of hydrogen-bond donors (Lipinski definition) is 0. The van der Waals surface area contributed by atoms with Crippen LogP contribution in [0.5, 0.6) is 0 Å². The Kier molecular flexibility index (Phi) is 4.65. The lowest BCUT2D eigenvalue weighted by molar-refractivity contribution is 0.0789. The monoisotopic (exact) mass is 231 g/mol. The van der Waals surface area contributed by atoms with Gasteiger partial charge in [0.15, 0.2) is 0 Å². The van der Waals surface area contributed by atoms with Crippen molar-refractivity contribution in [3.63, 3.8) is 0 Å². The van der Waals surface area contributed by atoms with Gasteiger partial charge in [0.05, 0.1) is 5.56 Å². The Hall–Kier alpha value is -1.89. The standard InChI is InChI=1S/C13H17N3O/c1-10(2)6-7-16(3)13(17)11-4-5-12(8-14)15-9-11/h4-5,9-10H,6-7H2,1-3H3. The number of carbonyl (C=O) groups excluding carboxylic acids is 1. The molecule has 4 heteroatoms. The topological polar surface area (TPSA) is 57.0 Å². The minimum atomic E-state index is -0.0531. The zero-order valence-corrected chi connectivity index (χ0v) is 10.5. The van der Waals surface area contributed by atoms with E-state index in [-0.39, 0.29) is 5.91 Å². The minimum Gasteiger partial charge on any atom is -0.342 e. The lowest BCUT2D eigenvalue weighted by atomic mass is 10.1. The average molecular weight is 231 g/mol. The van der Waals surface area contributed by atoms with Gasteiger partial charge in [-0.05, 0) is 24.5 Å². The molecule has 0 aliphatic rings. The molecule has 4 nitrogen and oxygen atoms in total. The van der Waals surface area contributed by atoms with Crippen LogP contribution in [0, 0.1) is 17.2 Å². The van der Waals surface area contributed by atoms with Gasteiger partial charge in [-0.1, -0.05) is 13.8 Å². The normalized spacial score (nSPS) is 10.1. The average Bonchev–Trinajstić information content (AvgIpc) is 2.35. The summed E-state index contributed by atoms with van der Waals surface area (Å²) in [4.78, 5) is 17.5. The largest absolute Gasteiger partial charge is 0.342 e. The first kappa shape index (κ1) is 13.2. The first-order valence-corrected chi connectivity index (χ1v) is 5.66. The Bertz CT molecular complexity index is 417. The predicted octanol–water partition coefficient (Wildman–Crippen LogP) is 2.07. The molecule has 1 aromatic rings. The zero-order valence-electron chi connectivity index (χ0n) is 10.5. The van der Waals surface area contributed by atoms with Gasteiger partial charge in [0.25, 0.3) is 5.91 Å². The number of aromatic nitrogens is 1. The molecule has 1 aromatic heterocycles. The number of hydrogen-bond acceptors (Lipinski definition) is 3. The van der Waals surface area contributed by atoms with E-state index in [2.05, 4.69) is 18.8 Å². The van der Waals surface area contributed by atoms with Crippen LogP contribution in [0.2, 0.25) is 0 Å². The lowest BCUT2D eigenvalue weighted by Gasteiger charge is -2.18. The van der Waals surface area contributed by atoms with Crippen molar-refractivity contribution in [3.05, 3.63) is 29.6 Å². The SMILES string of the molecule is CC(C)CCN(C)C(=O)c1ccc(C#N)nc1. The van der Waals surface area contributed by atoms with Gasteiger partial charge in [0.1, 0.15) is 11.8 Å². The summed E-state index contributed by atoms with van der Waals surface area (Å²) in [5.41, 5.74) is 0.849. The van der Waals surface area contributed by atoms with Gasteiger partial charge >= 0.3 is 0 Å². The van der Waals surface area contributed by atoms with E-state index >= 15 is 0 Å². The molecule has 0 saturated carbocycles. The number of pyridine rings is 1. The lowest BCUT2D eigenvalue weighted by Crippen LogP contribution is -2.28. The number of amides is 1. The van der Waals surface area contributed by atoms with Crippen molar-refractivity contribution >= 4 is 5.91 Å². The van der Waals surface area contributed by atoms with Crippen molar-refractivity contribution in [2.24, 2.45) is 5.92 Å². The Morgan fingerprint density at radius 2 is 2.24 bits per heavy atom. The Balaban J connectivity index is 2.65. The summed E-state index contributed by atoms with van der Waals surface area (Å²) in [6.07, 6.45) is 2.43. The van der Waals surface area contributed by atoms with Gasteiger partial charge < -0.3 is 4.90 Å². The van der Waals surface area contributed by atoms with Crippen LogP contribution in [0.15, 0.2) is 18.3 Å². The van der Waals surface area contributed by atoms with Crippen LogP contribution in [-0.2, 0) is 0 Å². The molecule has 0 spiro atoms. The second-order valence-electron chi connectivity index (χ2n) is 4.45. The van der Waals surface area contributed by atoms with Gasteiger partial charge in [0.2, 0.25) is 0 Å². The molecule has 0 aliphatic heterocycles. The van der Waals surface area contributed by atoms with Crippen LogP contribution in [0.25, 0.3) is 0 Å². The van der Waals surface area contributed by atoms with E-state index in [9.17, 15) is 4.79 Å². The van der Waals surface area contributed by atoms with E-state index in [1.807, 2.05) is 6.07 Å². The van der Waals surface area contributed by atoms with Gasteiger partial charge in [-0.2, -0.15) is 5.26 Å². The number of nitriles is 1. The maximum Gasteiger partial charge on any atom is 0.255 e. The highest BCUT2D eigenvalue weighted by molar-refractivity contribution is 5.93. The molecule has 1 amide bonds. The molecule has 0 saturated heterocycles. The van der Waals surface area contributed by atoms with Crippen LogP contribution in [0.1, 0.15) is 36.3 Å². The summed E-state index contributed by atoms with van der Waals surface area (Å²) in [5, 5.41) is 8.61. The predicted molar refractivity (Wildman–Crippen MR) is 65.4 cm³/mol. The van der Waals surface area contributed by atoms with Crippen molar-refractivity contribution in [1.82, 2.24) is 9.88 Å². The maximum atomic E-state index is 12.0. The molecular weight excluding hydrogens is 214 g/mol. The maximum absolute atomic E-state index is 12.0. The van der Waals surface area contributed by atoms with Crippen LogP contribution in [0.4, 0.5) is 0 Å². The molecule has 0 atom stereocenters. The van der Waals surface area contributed by atoms with Crippen LogP contribution in [-0.4, -0.2) is 29.4 Å². The van der Waals surface area contributed by atoms with Crippen molar-refractivity contribution < 1.29 is 4.79 Å². The summed E-state index contributed by atoms with van der Waals surface area (Å²) >= 11 is 0. The van der Waals surface area contributed by atoms with Crippen molar-refractivity contribution in [2.45, 2.75) is 20.3 Å². The van der Waals surface area contributed by atoms with E-state index in [4.69, 9.17) is 5.26 Å². The molecule has 0 fully saturated rings. The van der Waals surface area contributed by atoms with Crippen molar-refractivity contribution in [2.75, 3.05) is 13.6 Å². The summed E-state index contributed by atoms with van der Waals surface area (Å²) in [6, 6.07) is 5.12. The molecule has 1 rings (SSSR count). The first-order valence-electron chi connectivity index (χ1n) is 5.66. The molecule has 0 unspecified atom stereocenters. The number of rotatable bonds is 4. The van der Waals surface area contributed by atoms with Gasteiger partial charge in [0, 0.05) is 19.8 Å². The Morgan fingerprint density at radius 1 is 1.53 bits per heavy atom. The zero-order chi connectivity index (χ0) is 12.8. The van der Waals surface area contributed by atoms with E-state index in [1.54, 1.807) is 24.1 Å². The molecule has 17 heavy (non-hydrogen) atoms. The number of nitrogens with zero attached hydrogens (tertiary/aromatic N) is 3. The molecular formula is C13H17N3O. The summed E-state index contributed by atoms with van der Waals surface area (Å²) in [7, 11) is 1.78. The van der Waals surface area contributed by atoms with Crippen LogP contribution < -0.4 is 0 Å². The molecule has 0 radical (unpaired) electrons. The molecule has 90 valence electrons. The fraction of sp³-hybridized carbons (Fsp3) is 0.462. The smallest absolute Gasteiger partial charge is 0.255 e. The quantitative estimate of drug-likeness (QED) is 0.797. The minimum absolute atomic E-state index is 0.0531. The highest BCUT2D eigenvalue weighted by Gasteiger charge is 2.12. The highest BCUT2D eigenvalue weighted by atomic mass is 16.2. The molecule has 0 bridgehead atoms. The van der Waals surface area contributed by atoms with E-state index < -0.39 is 0 Å². The third-order valence-corrected chi connectivity index (χ3v) is 2.51. The second-order valence-corrected chi connectivity index (χ2v) is 4.45. The van der Waals surface area contributed by atoms with Gasteiger partial charge in [-0.15, -0.1) is 0 Å². The van der Waals surface area contributed by atoms with E-state index in [1.165, 1.54) is 6.20 Å². The Labute approximate surface area is 102 Å². The molecule has 0 aliphatic carbocycles. The van der Waals surface area contributed by atoms with Crippen LogP contribution in [0.3, 0.4) is 0 Å². The fourth-order valence-electron chi connectivity index (χ4n) is 1.36. The van der Waals surface area contributed by atoms with Crippen LogP contribution >= 0.6 is 0 Å². The molecule has 1 heterocycles. The summed E-state index contributed by atoms with van der Waals surface area (Å²) < 4.78 is 0. The molecule has 0 N–H and O–H groups in total. The van der Waals surface area contributed by atoms with E-state index in [0.717, 1.165) is 13.0 Å².